The van der Waals surface area contributed by atoms with Crippen molar-refractivity contribution in [3.63, 3.8) is 0 Å². The van der Waals surface area contributed by atoms with Gasteiger partial charge in [-0.3, -0.25) is 4.90 Å². The fourth-order valence-electron chi connectivity index (χ4n) is 2.98. The van der Waals surface area contributed by atoms with E-state index < -0.39 is 10.2 Å². The van der Waals surface area contributed by atoms with Crippen LogP contribution in [0.25, 0.3) is 0 Å². The molecule has 118 valence electrons. The largest absolute Gasteiger partial charge is 0.379 e. The van der Waals surface area contributed by atoms with Crippen LogP contribution in [0, 0.1) is 0 Å². The molecule has 2 fully saturated rings. The maximum Gasteiger partial charge on any atom is 0.276 e. The average Bonchev–Trinajstić information content (AvgIpc) is 2.48. The maximum atomic E-state index is 11.7. The molecule has 2 heterocycles. The number of rotatable bonds is 5. The summed E-state index contributed by atoms with van der Waals surface area (Å²) in [6.07, 6.45) is 1.96. The van der Waals surface area contributed by atoms with Crippen molar-refractivity contribution in [1.29, 1.82) is 0 Å². The quantitative estimate of drug-likeness (QED) is 0.670. The molecule has 7 nitrogen and oxygen atoms in total. The molecule has 20 heavy (non-hydrogen) atoms. The van der Waals surface area contributed by atoms with Gasteiger partial charge in [-0.1, -0.05) is 0 Å². The Hall–Kier alpha value is -0.250. The highest BCUT2D eigenvalue weighted by molar-refractivity contribution is 7.87. The monoisotopic (exact) mass is 306 g/mol. The zero-order valence-corrected chi connectivity index (χ0v) is 13.2. The first-order valence-corrected chi connectivity index (χ1v) is 8.65. The van der Waals surface area contributed by atoms with Crippen LogP contribution in [0.2, 0.25) is 0 Å². The van der Waals surface area contributed by atoms with Gasteiger partial charge in [-0.05, 0) is 33.0 Å². The van der Waals surface area contributed by atoms with Crippen LogP contribution in [0.1, 0.15) is 12.8 Å². The first-order chi connectivity index (χ1) is 9.47. The smallest absolute Gasteiger partial charge is 0.276 e. The predicted octanol–water partition coefficient (Wildman–Crippen LogP) is -1.16. The van der Waals surface area contributed by atoms with E-state index >= 15 is 0 Å². The summed E-state index contributed by atoms with van der Waals surface area (Å²) in [4.78, 5) is 4.70. The highest BCUT2D eigenvalue weighted by atomic mass is 32.2. The molecular formula is C12H26N4O3S. The summed E-state index contributed by atoms with van der Waals surface area (Å²) in [5.74, 6) is 0. The molecular weight excluding hydrogens is 280 g/mol. The second kappa shape index (κ2) is 6.67. The van der Waals surface area contributed by atoms with Crippen molar-refractivity contribution in [3.05, 3.63) is 0 Å². The van der Waals surface area contributed by atoms with Gasteiger partial charge in [0.05, 0.1) is 13.2 Å². The Morgan fingerprint density at radius 3 is 2.30 bits per heavy atom. The van der Waals surface area contributed by atoms with Gasteiger partial charge in [0.2, 0.25) is 0 Å². The number of nitrogens with zero attached hydrogens (tertiary/aromatic N) is 2. The number of piperidine rings is 1. The van der Waals surface area contributed by atoms with Gasteiger partial charge in [-0.2, -0.15) is 8.42 Å². The van der Waals surface area contributed by atoms with E-state index in [1.807, 2.05) is 0 Å². The van der Waals surface area contributed by atoms with Crippen molar-refractivity contribution in [2.45, 2.75) is 18.4 Å². The third kappa shape index (κ3) is 3.90. The Morgan fingerprint density at radius 2 is 1.75 bits per heavy atom. The van der Waals surface area contributed by atoms with Crippen molar-refractivity contribution in [2.24, 2.45) is 0 Å². The van der Waals surface area contributed by atoms with E-state index in [2.05, 4.69) is 26.3 Å². The van der Waals surface area contributed by atoms with Crippen LogP contribution in [-0.2, 0) is 14.9 Å². The number of morpholine rings is 1. The van der Waals surface area contributed by atoms with Gasteiger partial charge >= 0.3 is 0 Å². The van der Waals surface area contributed by atoms with E-state index in [0.717, 1.165) is 52.2 Å². The normalized spacial score (nSPS) is 25.7. The summed E-state index contributed by atoms with van der Waals surface area (Å²) in [6.45, 7) is 5.68. The summed E-state index contributed by atoms with van der Waals surface area (Å²) < 4.78 is 33.7. The average molecular weight is 306 g/mol. The van der Waals surface area contributed by atoms with E-state index in [0.29, 0.717) is 6.54 Å². The highest BCUT2D eigenvalue weighted by Gasteiger charge is 2.40. The predicted molar refractivity (Wildman–Crippen MR) is 77.8 cm³/mol. The van der Waals surface area contributed by atoms with Crippen LogP contribution in [0.4, 0.5) is 0 Å². The standard InChI is InChI=1S/C12H26N4O3S/c1-13-20(17,18)14-11-12(3-5-15(2)6-4-12)16-7-9-19-10-8-16/h13-14H,3-11H2,1-2H3. The fourth-order valence-corrected chi connectivity index (χ4v) is 3.58. The van der Waals surface area contributed by atoms with Crippen molar-refractivity contribution in [1.82, 2.24) is 19.2 Å². The highest BCUT2D eigenvalue weighted by Crippen LogP contribution is 2.29. The third-order valence-corrected chi connectivity index (χ3v) is 5.52. The van der Waals surface area contributed by atoms with Gasteiger partial charge < -0.3 is 9.64 Å². The van der Waals surface area contributed by atoms with Gasteiger partial charge in [0.25, 0.3) is 10.2 Å². The molecule has 0 aromatic heterocycles. The Bertz CT molecular complexity index is 401. The summed E-state index contributed by atoms with van der Waals surface area (Å²) in [6, 6.07) is 0. The molecule has 2 aliphatic rings. The molecule has 2 rings (SSSR count). The van der Waals surface area contributed by atoms with Crippen LogP contribution in [-0.4, -0.2) is 83.8 Å². The van der Waals surface area contributed by atoms with Crippen molar-refractivity contribution < 1.29 is 13.2 Å². The number of nitrogens with one attached hydrogen (secondary N) is 2. The summed E-state index contributed by atoms with van der Waals surface area (Å²) in [5, 5.41) is 0. The summed E-state index contributed by atoms with van der Waals surface area (Å²) >= 11 is 0. The second-order valence-corrected chi connectivity index (χ2v) is 7.36. The van der Waals surface area contributed by atoms with E-state index in [1.165, 1.54) is 7.05 Å². The van der Waals surface area contributed by atoms with E-state index in [9.17, 15) is 8.42 Å². The van der Waals surface area contributed by atoms with Gasteiger partial charge in [0, 0.05) is 32.2 Å². The van der Waals surface area contributed by atoms with Crippen molar-refractivity contribution in [3.8, 4) is 0 Å². The topological polar surface area (TPSA) is 73.9 Å². The van der Waals surface area contributed by atoms with Gasteiger partial charge in [0.1, 0.15) is 0 Å². The number of likely N-dealkylation sites (tertiary alicyclic amines) is 1. The Balaban J connectivity index is 2.07. The van der Waals surface area contributed by atoms with Gasteiger partial charge in [0.15, 0.2) is 0 Å². The van der Waals surface area contributed by atoms with Crippen molar-refractivity contribution >= 4 is 10.2 Å². The van der Waals surface area contributed by atoms with Crippen LogP contribution in [0.5, 0.6) is 0 Å². The molecule has 2 aliphatic heterocycles. The van der Waals surface area contributed by atoms with Crippen molar-refractivity contribution in [2.75, 3.05) is 60.0 Å². The molecule has 0 aromatic carbocycles. The lowest BCUT2D eigenvalue weighted by Gasteiger charge is -2.49. The van der Waals surface area contributed by atoms with E-state index in [1.54, 1.807) is 0 Å². The molecule has 2 N–H and O–H groups in total. The van der Waals surface area contributed by atoms with Gasteiger partial charge in [-0.25, -0.2) is 9.44 Å². The Labute approximate surface area is 121 Å². The number of hydrogen-bond acceptors (Lipinski definition) is 5. The molecule has 0 atom stereocenters. The molecule has 0 spiro atoms. The molecule has 0 unspecified atom stereocenters. The molecule has 0 radical (unpaired) electrons. The molecule has 0 saturated carbocycles. The minimum Gasteiger partial charge on any atom is -0.379 e. The Kier molecular flexibility index (Phi) is 5.38. The van der Waals surface area contributed by atoms with Crippen LogP contribution < -0.4 is 9.44 Å². The zero-order valence-electron chi connectivity index (χ0n) is 12.4. The van der Waals surface area contributed by atoms with E-state index in [4.69, 9.17) is 4.74 Å². The molecule has 8 heteroatoms. The fraction of sp³-hybridized carbons (Fsp3) is 1.00. The lowest BCUT2D eigenvalue weighted by atomic mass is 9.85. The summed E-state index contributed by atoms with van der Waals surface area (Å²) in [7, 11) is 0.160. The first kappa shape index (κ1) is 16.1. The minimum atomic E-state index is -3.38. The minimum absolute atomic E-state index is 0.0831. The lowest BCUT2D eigenvalue weighted by molar-refractivity contribution is -0.0427. The summed E-state index contributed by atoms with van der Waals surface area (Å²) in [5.41, 5.74) is -0.0831. The maximum absolute atomic E-state index is 11.7. The van der Waals surface area contributed by atoms with Crippen LogP contribution >= 0.6 is 0 Å². The molecule has 0 aliphatic carbocycles. The lowest BCUT2D eigenvalue weighted by Crippen LogP contribution is -2.63. The number of hydrogen-bond donors (Lipinski definition) is 2. The van der Waals surface area contributed by atoms with Gasteiger partial charge in [-0.15, -0.1) is 0 Å². The van der Waals surface area contributed by atoms with Crippen LogP contribution in [0.3, 0.4) is 0 Å². The third-order valence-electron chi connectivity index (χ3n) is 4.46. The first-order valence-electron chi connectivity index (χ1n) is 7.17. The molecule has 0 aromatic rings. The SMILES string of the molecule is CNS(=O)(=O)NCC1(N2CCOCC2)CCN(C)CC1. The van der Waals surface area contributed by atoms with Crippen LogP contribution in [0.15, 0.2) is 0 Å². The van der Waals surface area contributed by atoms with E-state index in [-0.39, 0.29) is 5.54 Å². The molecule has 2 saturated heterocycles. The molecule has 0 amide bonds. The molecule has 0 bridgehead atoms. The second-order valence-electron chi connectivity index (χ2n) is 5.66. The zero-order chi connectivity index (χ0) is 14.6. The number of ether oxygens (including phenoxy) is 1. The Morgan fingerprint density at radius 1 is 1.15 bits per heavy atom.